The number of aliphatic hydroxyl groups excluding tert-OH is 4. The maximum absolute atomic E-state index is 12.2. The molecule has 15 heteroatoms. The zero-order chi connectivity index (χ0) is 36.2. The summed E-state index contributed by atoms with van der Waals surface area (Å²) in [7, 11) is -4.87. The Morgan fingerprint density at radius 2 is 1.67 bits per heavy atom. The first-order chi connectivity index (χ1) is 22.6. The fraction of sp³-hybridized carbons (Fsp3) is 0.912. The van der Waals surface area contributed by atoms with Crippen molar-refractivity contribution in [3.8, 4) is 0 Å². The molecule has 0 aromatic rings. The number of hydrogen-bond acceptors (Lipinski definition) is 12. The Hall–Kier alpha value is -1.24. The van der Waals surface area contributed by atoms with Crippen LogP contribution in [0.5, 0.6) is 0 Å². The number of carboxylic acid groups (broad SMARTS) is 1. The van der Waals surface area contributed by atoms with Gasteiger partial charge in [0, 0.05) is 5.92 Å². The Morgan fingerprint density at radius 3 is 2.29 bits per heavy atom. The number of aliphatic hydroxyl groups is 5. The summed E-state index contributed by atoms with van der Waals surface area (Å²) in [5.41, 5.74) is -1.14. The molecular weight excluding hydrogens is 664 g/mol. The number of ether oxygens (including phenoxy) is 3. The molecule has 7 N–H and O–H groups in total. The van der Waals surface area contributed by atoms with Gasteiger partial charge in [-0.15, -0.1) is 0 Å². The lowest BCUT2D eigenvalue weighted by atomic mass is 9.47. The molecule has 8 unspecified atom stereocenters. The second-order valence-electron chi connectivity index (χ2n) is 16.8. The highest BCUT2D eigenvalue weighted by Gasteiger charge is 2.70. The van der Waals surface area contributed by atoms with E-state index in [1.165, 1.54) is 0 Å². The van der Waals surface area contributed by atoms with Gasteiger partial charge in [0.15, 0.2) is 12.4 Å². The van der Waals surface area contributed by atoms with E-state index in [0.717, 1.165) is 5.57 Å². The predicted molar refractivity (Wildman–Crippen MR) is 171 cm³/mol. The normalized spacial score (nSPS) is 50.9. The molecule has 6 aliphatic rings. The third-order valence-corrected chi connectivity index (χ3v) is 14.3. The Labute approximate surface area is 287 Å². The highest BCUT2D eigenvalue weighted by Crippen LogP contribution is 2.69. The molecule has 0 radical (unpaired) electrons. The third-order valence-electron chi connectivity index (χ3n) is 13.8. The van der Waals surface area contributed by atoms with Crippen LogP contribution in [0, 0.1) is 46.3 Å². The number of allylic oxidation sites excluding steroid dienone is 2. The molecule has 0 aromatic heterocycles. The van der Waals surface area contributed by atoms with Gasteiger partial charge in [-0.05, 0) is 85.9 Å². The molecule has 0 aromatic carbocycles. The van der Waals surface area contributed by atoms with Crippen molar-refractivity contribution < 1.29 is 66.8 Å². The van der Waals surface area contributed by atoms with Gasteiger partial charge in [-0.1, -0.05) is 46.3 Å². The predicted octanol–water partition coefficient (Wildman–Crippen LogP) is 1.42. The highest BCUT2D eigenvalue weighted by molar-refractivity contribution is 7.80. The van der Waals surface area contributed by atoms with Crippen molar-refractivity contribution in [2.45, 2.75) is 147 Å². The average Bonchev–Trinajstić information content (AvgIpc) is 3.46. The van der Waals surface area contributed by atoms with E-state index in [-0.39, 0.29) is 48.5 Å². The van der Waals surface area contributed by atoms with Gasteiger partial charge in [-0.2, -0.15) is 8.42 Å². The number of hydrogen-bond donors (Lipinski definition) is 7. The molecule has 0 amide bonds. The summed E-state index contributed by atoms with van der Waals surface area (Å²) in [6.07, 6.45) is -7.38. The maximum Gasteiger partial charge on any atom is 0.397 e. The number of carbonyl (C=O) groups is 1. The van der Waals surface area contributed by atoms with Crippen LogP contribution in [0.2, 0.25) is 0 Å². The molecule has 3 saturated carbocycles. The second kappa shape index (κ2) is 12.7. The van der Waals surface area contributed by atoms with Crippen LogP contribution in [-0.2, 0) is 33.6 Å². The summed E-state index contributed by atoms with van der Waals surface area (Å²) in [6, 6.07) is 0. The first-order valence-electron chi connectivity index (χ1n) is 17.6. The van der Waals surface area contributed by atoms with Gasteiger partial charge in [0.2, 0.25) is 0 Å². The zero-order valence-corrected chi connectivity index (χ0v) is 29.8. The van der Waals surface area contributed by atoms with E-state index in [9.17, 15) is 48.4 Å². The van der Waals surface area contributed by atoms with Gasteiger partial charge in [0.1, 0.15) is 24.4 Å². The molecule has 4 aliphatic carbocycles. The lowest BCUT2D eigenvalue weighted by Crippen LogP contribution is -2.61. The van der Waals surface area contributed by atoms with E-state index < -0.39 is 93.8 Å². The molecule has 18 atom stereocenters. The van der Waals surface area contributed by atoms with Gasteiger partial charge in [0.05, 0.1) is 30.0 Å². The fourth-order valence-corrected chi connectivity index (χ4v) is 11.5. The number of carboxylic acids is 1. The summed E-state index contributed by atoms with van der Waals surface area (Å²) < 4.78 is 57.7. The molecule has 5 fully saturated rings. The lowest BCUT2D eigenvalue weighted by Gasteiger charge is -2.59. The minimum Gasteiger partial charge on any atom is -0.479 e. The van der Waals surface area contributed by atoms with Gasteiger partial charge in [-0.3, -0.25) is 4.55 Å². The van der Waals surface area contributed by atoms with Gasteiger partial charge >= 0.3 is 16.4 Å². The monoisotopic (exact) mass is 718 g/mol. The highest BCUT2D eigenvalue weighted by atomic mass is 32.3. The van der Waals surface area contributed by atoms with E-state index in [4.69, 9.17) is 18.4 Å². The first-order valence-corrected chi connectivity index (χ1v) is 19.0. The van der Waals surface area contributed by atoms with Crippen molar-refractivity contribution in [3.63, 3.8) is 0 Å². The summed E-state index contributed by atoms with van der Waals surface area (Å²) in [4.78, 5) is 11.6. The Morgan fingerprint density at radius 1 is 1.00 bits per heavy atom. The van der Waals surface area contributed by atoms with Gasteiger partial charge < -0.3 is 44.8 Å². The Kier molecular flexibility index (Phi) is 9.73. The first kappa shape index (κ1) is 37.5. The zero-order valence-electron chi connectivity index (χ0n) is 29.0. The second-order valence-corrected chi connectivity index (χ2v) is 17.8. The quantitative estimate of drug-likeness (QED) is 0.107. The van der Waals surface area contributed by atoms with E-state index in [0.29, 0.717) is 25.7 Å². The van der Waals surface area contributed by atoms with Crippen molar-refractivity contribution in [3.05, 3.63) is 11.6 Å². The van der Waals surface area contributed by atoms with Crippen molar-refractivity contribution in [1.29, 1.82) is 0 Å². The molecule has 2 heterocycles. The molecule has 2 saturated heterocycles. The van der Waals surface area contributed by atoms with Gasteiger partial charge in [0.25, 0.3) is 0 Å². The van der Waals surface area contributed by atoms with E-state index in [2.05, 4.69) is 19.9 Å². The van der Waals surface area contributed by atoms with Crippen LogP contribution < -0.4 is 0 Å². The smallest absolute Gasteiger partial charge is 0.397 e. The van der Waals surface area contributed by atoms with Crippen LogP contribution >= 0.6 is 0 Å². The van der Waals surface area contributed by atoms with E-state index in [1.54, 1.807) is 6.92 Å². The molecule has 0 spiro atoms. The minimum absolute atomic E-state index is 0.000452. The standard InChI is InChI=1S/C34H54O14S/c1-14(2)15(3)23(35)29-34(6,41)28-22(46-29)13-19-17-12-21(48-49(42,43)44)20-11-16(7-9-32(20,4)18(17)8-10-33(19,28)5)45-31-26(38)24(36)25(37)27(47-31)30(39)40/h8,14-17,19-29,31,35-38,41H,7,9-13H2,1-6H3,(H,39,40)(H,42,43,44)/t15-,16-,17?,19?,20?,21-,22-,23-,24?,25?,26?,27?,28-,29-,31?,32+,33-,34+/m0/s1. The van der Waals surface area contributed by atoms with E-state index >= 15 is 0 Å². The Balaban J connectivity index is 1.27. The molecule has 14 nitrogen and oxygen atoms in total. The Bertz CT molecular complexity index is 1420. The maximum atomic E-state index is 12.2. The summed E-state index contributed by atoms with van der Waals surface area (Å²) in [5.74, 6) is -2.31. The molecule has 2 aliphatic heterocycles. The van der Waals surface area contributed by atoms with Crippen molar-refractivity contribution in [1.82, 2.24) is 0 Å². The molecule has 49 heavy (non-hydrogen) atoms. The van der Waals surface area contributed by atoms with Crippen LogP contribution in [0.25, 0.3) is 0 Å². The van der Waals surface area contributed by atoms with Crippen molar-refractivity contribution in [2.75, 3.05) is 0 Å². The van der Waals surface area contributed by atoms with Crippen LogP contribution in [0.3, 0.4) is 0 Å². The van der Waals surface area contributed by atoms with Crippen LogP contribution in [-0.4, -0.2) is 116 Å². The van der Waals surface area contributed by atoms with Crippen LogP contribution in [0.15, 0.2) is 11.6 Å². The van der Waals surface area contributed by atoms with E-state index in [1.807, 2.05) is 20.8 Å². The number of aliphatic carboxylic acids is 1. The van der Waals surface area contributed by atoms with Gasteiger partial charge in [-0.25, -0.2) is 8.98 Å². The lowest BCUT2D eigenvalue weighted by molar-refractivity contribution is -0.309. The number of rotatable bonds is 8. The summed E-state index contributed by atoms with van der Waals surface area (Å²) in [6.45, 7) is 12.0. The third kappa shape index (κ3) is 6.12. The summed E-state index contributed by atoms with van der Waals surface area (Å²) >= 11 is 0. The SMILES string of the molecule is CC(C)[C@H](C)[C@H](O)[C@@H]1O[C@H]2CC3C4C[C@H](OS(=O)(=O)O)C5C[C@@H](OC6OC(C(=O)O)C(O)C(O)C6O)CC[C@]5(C)C4=CC[C@]3(C)[C@H]2[C@@]1(C)O. The topological polar surface area (TPSA) is 230 Å². The molecule has 0 bridgehead atoms. The molecule has 6 rings (SSSR count). The average molecular weight is 719 g/mol. The van der Waals surface area contributed by atoms with Crippen LogP contribution in [0.1, 0.15) is 80.1 Å². The fourth-order valence-electron chi connectivity index (χ4n) is 11.0. The summed E-state index contributed by atoms with van der Waals surface area (Å²) in [5, 5.41) is 63.7. The van der Waals surface area contributed by atoms with Crippen LogP contribution in [0.4, 0.5) is 0 Å². The minimum atomic E-state index is -4.87. The number of fused-ring (bicyclic) bond motifs is 7. The molecule has 280 valence electrons. The largest absolute Gasteiger partial charge is 0.479 e. The van der Waals surface area contributed by atoms with Crippen molar-refractivity contribution >= 4 is 16.4 Å². The molecular formula is C34H54O14S. The van der Waals surface area contributed by atoms with Crippen molar-refractivity contribution in [2.24, 2.45) is 46.3 Å².